The largest absolute Gasteiger partial charge is 0.384 e. The summed E-state index contributed by atoms with van der Waals surface area (Å²) in [5.74, 6) is 0. The van der Waals surface area contributed by atoms with Gasteiger partial charge >= 0.3 is 0 Å². The van der Waals surface area contributed by atoms with Crippen LogP contribution >= 0.6 is 0 Å². The number of nitrogens with one attached hydrogen (secondary N) is 2. The molecule has 0 spiro atoms. The van der Waals surface area contributed by atoms with Gasteiger partial charge < -0.3 is 25.2 Å². The molecular formula is C16H33N3O3. The normalized spacial score (nSPS) is 29.9. The van der Waals surface area contributed by atoms with Gasteiger partial charge in [-0.1, -0.05) is 0 Å². The molecule has 2 aliphatic rings. The second-order valence-corrected chi connectivity index (χ2v) is 7.60. The fourth-order valence-corrected chi connectivity index (χ4v) is 2.70. The van der Waals surface area contributed by atoms with Crippen LogP contribution in [0.3, 0.4) is 0 Å². The molecule has 6 nitrogen and oxygen atoms in total. The number of aliphatic hydroxyl groups is 1. The smallest absolute Gasteiger partial charge is 0.124 e. The summed E-state index contributed by atoms with van der Waals surface area (Å²) in [5.41, 5.74) is -1.80. The van der Waals surface area contributed by atoms with Gasteiger partial charge in [0.05, 0.1) is 24.4 Å². The van der Waals surface area contributed by atoms with E-state index in [1.165, 1.54) is 0 Å². The van der Waals surface area contributed by atoms with Gasteiger partial charge in [-0.05, 0) is 27.7 Å². The van der Waals surface area contributed by atoms with Gasteiger partial charge in [0, 0.05) is 45.8 Å². The summed E-state index contributed by atoms with van der Waals surface area (Å²) >= 11 is 0. The third-order valence-electron chi connectivity index (χ3n) is 5.06. The first kappa shape index (κ1) is 18.1. The van der Waals surface area contributed by atoms with Crippen LogP contribution in [0, 0.1) is 0 Å². The second-order valence-electron chi connectivity index (χ2n) is 7.60. The Morgan fingerprint density at radius 1 is 0.864 bits per heavy atom. The van der Waals surface area contributed by atoms with Gasteiger partial charge in [0.25, 0.3) is 0 Å². The Labute approximate surface area is 134 Å². The molecule has 0 unspecified atom stereocenters. The third kappa shape index (κ3) is 4.63. The highest BCUT2D eigenvalue weighted by Gasteiger charge is 2.46. The van der Waals surface area contributed by atoms with E-state index >= 15 is 0 Å². The first-order valence-electron chi connectivity index (χ1n) is 8.38. The van der Waals surface area contributed by atoms with E-state index in [1.807, 2.05) is 27.7 Å². The lowest BCUT2D eigenvalue weighted by molar-refractivity contribution is -0.147. The standard InChI is InChI=1S/C16H33N3O3/c1-14(2)15(3,4)22-13-16(20,12-21-14)11-19-9-7-17-5-6-18-8-10-19/h17-18,20H,5-13H2,1-4H3. The lowest BCUT2D eigenvalue weighted by Gasteiger charge is -2.38. The van der Waals surface area contributed by atoms with Gasteiger partial charge in [0.1, 0.15) is 5.60 Å². The first-order valence-corrected chi connectivity index (χ1v) is 8.38. The summed E-state index contributed by atoms with van der Waals surface area (Å²) in [4.78, 5) is 2.28. The van der Waals surface area contributed by atoms with Crippen molar-refractivity contribution in [2.24, 2.45) is 0 Å². The Morgan fingerprint density at radius 3 is 1.77 bits per heavy atom. The molecule has 0 aliphatic carbocycles. The van der Waals surface area contributed by atoms with E-state index in [1.54, 1.807) is 0 Å². The van der Waals surface area contributed by atoms with E-state index in [0.29, 0.717) is 19.8 Å². The Kier molecular flexibility index (Phi) is 5.85. The minimum absolute atomic E-state index is 0.306. The quantitative estimate of drug-likeness (QED) is 0.657. The van der Waals surface area contributed by atoms with Crippen LogP contribution in [0.4, 0.5) is 0 Å². The van der Waals surface area contributed by atoms with Gasteiger partial charge in [-0.15, -0.1) is 0 Å². The number of rotatable bonds is 2. The molecule has 0 amide bonds. The molecule has 0 atom stereocenters. The van der Waals surface area contributed by atoms with Crippen LogP contribution in [0.2, 0.25) is 0 Å². The van der Waals surface area contributed by atoms with Crippen molar-refractivity contribution in [2.75, 3.05) is 59.0 Å². The highest BCUT2D eigenvalue weighted by atomic mass is 16.6. The first-order chi connectivity index (χ1) is 10.2. The van der Waals surface area contributed by atoms with Gasteiger partial charge in [0.2, 0.25) is 0 Å². The average Bonchev–Trinajstić information content (AvgIpc) is 2.55. The zero-order valence-electron chi connectivity index (χ0n) is 14.6. The van der Waals surface area contributed by atoms with Crippen LogP contribution in [0.25, 0.3) is 0 Å². The van der Waals surface area contributed by atoms with Crippen LogP contribution in [-0.2, 0) is 9.47 Å². The summed E-state index contributed by atoms with van der Waals surface area (Å²) in [6.07, 6.45) is 0. The van der Waals surface area contributed by atoms with Crippen molar-refractivity contribution < 1.29 is 14.6 Å². The van der Waals surface area contributed by atoms with E-state index in [0.717, 1.165) is 39.3 Å². The molecule has 0 aromatic rings. The number of ether oxygens (including phenoxy) is 2. The molecule has 0 aromatic heterocycles. The highest BCUT2D eigenvalue weighted by Crippen LogP contribution is 2.34. The minimum atomic E-state index is -0.959. The van der Waals surface area contributed by atoms with Crippen LogP contribution in [-0.4, -0.2) is 85.8 Å². The molecule has 0 aromatic carbocycles. The molecule has 2 saturated heterocycles. The number of hydrogen-bond donors (Lipinski definition) is 3. The Hall–Kier alpha value is -0.240. The molecule has 2 rings (SSSR count). The molecule has 130 valence electrons. The second kappa shape index (κ2) is 7.11. The zero-order valence-corrected chi connectivity index (χ0v) is 14.6. The van der Waals surface area contributed by atoms with Crippen molar-refractivity contribution >= 4 is 0 Å². The fraction of sp³-hybridized carbons (Fsp3) is 1.00. The van der Waals surface area contributed by atoms with Crippen LogP contribution in [0.5, 0.6) is 0 Å². The molecule has 2 fully saturated rings. The summed E-state index contributed by atoms with van der Waals surface area (Å²) < 4.78 is 12.0. The molecule has 0 bridgehead atoms. The van der Waals surface area contributed by atoms with Crippen molar-refractivity contribution in [1.82, 2.24) is 15.5 Å². The summed E-state index contributed by atoms with van der Waals surface area (Å²) in [6.45, 7) is 15.0. The van der Waals surface area contributed by atoms with Gasteiger partial charge in [-0.2, -0.15) is 0 Å². The van der Waals surface area contributed by atoms with E-state index in [2.05, 4.69) is 15.5 Å². The molecule has 2 heterocycles. The molecule has 6 heteroatoms. The van der Waals surface area contributed by atoms with Gasteiger partial charge in [-0.25, -0.2) is 0 Å². The number of β-amino-alcohol motifs (C(OH)–C–C–N with tert-alkyl or cyclic N) is 1. The monoisotopic (exact) mass is 315 g/mol. The van der Waals surface area contributed by atoms with Crippen LogP contribution < -0.4 is 10.6 Å². The van der Waals surface area contributed by atoms with Crippen molar-refractivity contribution in [2.45, 2.75) is 44.5 Å². The highest BCUT2D eigenvalue weighted by molar-refractivity contribution is 4.96. The summed E-state index contributed by atoms with van der Waals surface area (Å²) in [5, 5.41) is 17.8. The van der Waals surface area contributed by atoms with Crippen molar-refractivity contribution in [3.63, 3.8) is 0 Å². The van der Waals surface area contributed by atoms with E-state index in [-0.39, 0.29) is 0 Å². The number of hydrogen-bond acceptors (Lipinski definition) is 6. The predicted octanol–water partition coefficient (Wildman–Crippen LogP) is -0.184. The lowest BCUT2D eigenvalue weighted by Crippen LogP contribution is -2.51. The van der Waals surface area contributed by atoms with Crippen LogP contribution in [0.15, 0.2) is 0 Å². The van der Waals surface area contributed by atoms with Gasteiger partial charge in [0.15, 0.2) is 0 Å². The molecule has 2 aliphatic heterocycles. The van der Waals surface area contributed by atoms with Crippen molar-refractivity contribution in [3.05, 3.63) is 0 Å². The predicted molar refractivity (Wildman–Crippen MR) is 87.2 cm³/mol. The molecule has 22 heavy (non-hydrogen) atoms. The van der Waals surface area contributed by atoms with Crippen molar-refractivity contribution in [1.29, 1.82) is 0 Å². The molecule has 0 radical (unpaired) electrons. The van der Waals surface area contributed by atoms with Crippen LogP contribution in [0.1, 0.15) is 27.7 Å². The maximum atomic E-state index is 11.0. The maximum Gasteiger partial charge on any atom is 0.124 e. The molecule has 3 N–H and O–H groups in total. The zero-order chi connectivity index (χ0) is 16.3. The summed E-state index contributed by atoms with van der Waals surface area (Å²) in [6, 6.07) is 0. The average molecular weight is 315 g/mol. The Balaban J connectivity index is 1.97. The van der Waals surface area contributed by atoms with E-state index in [9.17, 15) is 5.11 Å². The maximum absolute atomic E-state index is 11.0. The molecule has 0 saturated carbocycles. The molecular weight excluding hydrogens is 282 g/mol. The van der Waals surface area contributed by atoms with E-state index in [4.69, 9.17) is 9.47 Å². The minimum Gasteiger partial charge on any atom is -0.384 e. The Bertz CT molecular complexity index is 333. The van der Waals surface area contributed by atoms with E-state index < -0.39 is 16.8 Å². The van der Waals surface area contributed by atoms with Crippen molar-refractivity contribution in [3.8, 4) is 0 Å². The SMILES string of the molecule is CC1(C)OCC(O)(CN2CCNCCNCC2)COC1(C)C. The summed E-state index contributed by atoms with van der Waals surface area (Å²) in [7, 11) is 0. The third-order valence-corrected chi connectivity index (χ3v) is 5.06. The lowest BCUT2D eigenvalue weighted by atomic mass is 9.89. The topological polar surface area (TPSA) is 66.0 Å². The van der Waals surface area contributed by atoms with Gasteiger partial charge in [-0.3, -0.25) is 4.90 Å². The fourth-order valence-electron chi connectivity index (χ4n) is 2.70. The Morgan fingerprint density at radius 2 is 1.32 bits per heavy atom. The number of nitrogens with zero attached hydrogens (tertiary/aromatic N) is 1.